The van der Waals surface area contributed by atoms with E-state index in [1.165, 1.54) is 5.56 Å². The number of ether oxygens (including phenoxy) is 1. The number of aliphatic hydroxyl groups is 1. The van der Waals surface area contributed by atoms with E-state index in [0.717, 1.165) is 30.8 Å². The number of nitrogens with two attached hydrogens (primary N) is 1. The van der Waals surface area contributed by atoms with Gasteiger partial charge in [0.05, 0.1) is 12.7 Å². The van der Waals surface area contributed by atoms with E-state index < -0.39 is 6.10 Å². The van der Waals surface area contributed by atoms with Crippen molar-refractivity contribution < 1.29 is 9.84 Å². The van der Waals surface area contributed by atoms with Crippen molar-refractivity contribution in [3.05, 3.63) is 29.3 Å². The number of hydrogen-bond acceptors (Lipinski definition) is 3. The van der Waals surface area contributed by atoms with Gasteiger partial charge in [-0.05, 0) is 42.1 Å². The maximum absolute atomic E-state index is 10.4. The van der Waals surface area contributed by atoms with Gasteiger partial charge in [0.25, 0.3) is 0 Å². The molecule has 0 radical (unpaired) electrons. The topological polar surface area (TPSA) is 55.5 Å². The van der Waals surface area contributed by atoms with Crippen LogP contribution in [0.4, 0.5) is 0 Å². The van der Waals surface area contributed by atoms with E-state index >= 15 is 0 Å². The van der Waals surface area contributed by atoms with E-state index in [0.29, 0.717) is 12.5 Å². The molecule has 3 nitrogen and oxygen atoms in total. The second-order valence-corrected chi connectivity index (χ2v) is 5.54. The van der Waals surface area contributed by atoms with Gasteiger partial charge in [0.15, 0.2) is 0 Å². The van der Waals surface area contributed by atoms with Crippen LogP contribution < -0.4 is 10.5 Å². The lowest BCUT2D eigenvalue weighted by atomic mass is 9.88. The maximum Gasteiger partial charge on any atom is 0.122 e. The molecule has 0 fully saturated rings. The molecule has 100 valence electrons. The molecule has 0 aromatic heterocycles. The molecule has 3 heteroatoms. The first-order chi connectivity index (χ1) is 8.61. The van der Waals surface area contributed by atoms with Crippen LogP contribution in [-0.2, 0) is 6.42 Å². The minimum Gasteiger partial charge on any atom is -0.493 e. The van der Waals surface area contributed by atoms with Crippen molar-refractivity contribution in [1.82, 2.24) is 0 Å². The Kier molecular flexibility index (Phi) is 4.25. The van der Waals surface area contributed by atoms with Crippen LogP contribution in [0.15, 0.2) is 18.2 Å². The summed E-state index contributed by atoms with van der Waals surface area (Å²) in [5, 5.41) is 10.4. The number of rotatable bonds is 5. The zero-order chi connectivity index (χ0) is 13.1. The SMILES string of the molecule is CC(C)CC(CN)C(O)c1ccc2c(c1)CCO2. The Morgan fingerprint density at radius 1 is 1.39 bits per heavy atom. The van der Waals surface area contributed by atoms with Crippen LogP contribution >= 0.6 is 0 Å². The highest BCUT2D eigenvalue weighted by molar-refractivity contribution is 5.40. The van der Waals surface area contributed by atoms with Gasteiger partial charge in [-0.25, -0.2) is 0 Å². The van der Waals surface area contributed by atoms with Crippen molar-refractivity contribution in [2.24, 2.45) is 17.6 Å². The zero-order valence-corrected chi connectivity index (χ0v) is 11.2. The van der Waals surface area contributed by atoms with Crippen molar-refractivity contribution in [3.63, 3.8) is 0 Å². The Morgan fingerprint density at radius 3 is 2.83 bits per heavy atom. The zero-order valence-electron chi connectivity index (χ0n) is 11.2. The Labute approximate surface area is 109 Å². The lowest BCUT2D eigenvalue weighted by Crippen LogP contribution is -2.23. The van der Waals surface area contributed by atoms with Gasteiger partial charge in [-0.2, -0.15) is 0 Å². The van der Waals surface area contributed by atoms with Gasteiger partial charge in [-0.3, -0.25) is 0 Å². The van der Waals surface area contributed by atoms with Crippen LogP contribution in [0.5, 0.6) is 5.75 Å². The molecule has 0 bridgehead atoms. The molecule has 1 aromatic rings. The van der Waals surface area contributed by atoms with Crippen molar-refractivity contribution in [2.75, 3.05) is 13.2 Å². The molecule has 1 aliphatic rings. The average molecular weight is 249 g/mol. The fourth-order valence-corrected chi connectivity index (χ4v) is 2.62. The second kappa shape index (κ2) is 5.72. The Bertz CT molecular complexity index is 403. The molecule has 0 saturated heterocycles. The fraction of sp³-hybridized carbons (Fsp3) is 0.600. The molecular weight excluding hydrogens is 226 g/mol. The highest BCUT2D eigenvalue weighted by atomic mass is 16.5. The Balaban J connectivity index is 2.14. The average Bonchev–Trinajstić information content (AvgIpc) is 2.81. The lowest BCUT2D eigenvalue weighted by molar-refractivity contribution is 0.0994. The van der Waals surface area contributed by atoms with Crippen LogP contribution in [0, 0.1) is 11.8 Å². The van der Waals surface area contributed by atoms with Crippen LogP contribution in [-0.4, -0.2) is 18.3 Å². The standard InChI is InChI=1S/C15H23NO2/c1-10(2)7-13(9-16)15(17)12-3-4-14-11(8-12)5-6-18-14/h3-4,8,10,13,15,17H,5-7,9,16H2,1-2H3. The normalized spacial score (nSPS) is 17.4. The molecule has 1 aliphatic heterocycles. The van der Waals surface area contributed by atoms with E-state index in [1.54, 1.807) is 0 Å². The molecule has 1 aromatic carbocycles. The van der Waals surface area contributed by atoms with Gasteiger partial charge in [0.2, 0.25) is 0 Å². The van der Waals surface area contributed by atoms with Crippen LogP contribution in [0.25, 0.3) is 0 Å². The third kappa shape index (κ3) is 2.85. The van der Waals surface area contributed by atoms with Crippen molar-refractivity contribution in [1.29, 1.82) is 0 Å². The van der Waals surface area contributed by atoms with Crippen molar-refractivity contribution in [2.45, 2.75) is 32.8 Å². The highest BCUT2D eigenvalue weighted by Crippen LogP contribution is 2.32. The molecule has 18 heavy (non-hydrogen) atoms. The molecule has 0 saturated carbocycles. The smallest absolute Gasteiger partial charge is 0.122 e. The number of benzene rings is 1. The third-order valence-electron chi connectivity index (χ3n) is 3.58. The Hall–Kier alpha value is -1.06. The summed E-state index contributed by atoms with van der Waals surface area (Å²) in [7, 11) is 0. The van der Waals surface area contributed by atoms with E-state index in [-0.39, 0.29) is 5.92 Å². The second-order valence-electron chi connectivity index (χ2n) is 5.54. The van der Waals surface area contributed by atoms with Crippen LogP contribution in [0.2, 0.25) is 0 Å². The van der Waals surface area contributed by atoms with E-state index in [9.17, 15) is 5.11 Å². The number of hydrogen-bond donors (Lipinski definition) is 2. The molecule has 0 aliphatic carbocycles. The lowest BCUT2D eigenvalue weighted by Gasteiger charge is -2.23. The summed E-state index contributed by atoms with van der Waals surface area (Å²) in [5.74, 6) is 1.63. The van der Waals surface area contributed by atoms with Crippen LogP contribution in [0.1, 0.15) is 37.5 Å². The van der Waals surface area contributed by atoms with E-state index in [1.807, 2.05) is 12.1 Å². The maximum atomic E-state index is 10.4. The monoisotopic (exact) mass is 249 g/mol. The molecule has 0 amide bonds. The summed E-state index contributed by atoms with van der Waals surface area (Å²) in [6, 6.07) is 5.98. The van der Waals surface area contributed by atoms with Gasteiger partial charge in [0, 0.05) is 12.3 Å². The minimum atomic E-state index is -0.469. The van der Waals surface area contributed by atoms with Crippen molar-refractivity contribution in [3.8, 4) is 5.75 Å². The first-order valence-electron chi connectivity index (χ1n) is 6.75. The minimum absolute atomic E-state index is 0.130. The molecule has 1 heterocycles. The van der Waals surface area contributed by atoms with Gasteiger partial charge in [0.1, 0.15) is 5.75 Å². The molecule has 2 unspecified atom stereocenters. The van der Waals surface area contributed by atoms with E-state index in [2.05, 4.69) is 19.9 Å². The first-order valence-corrected chi connectivity index (χ1v) is 6.75. The first kappa shape index (κ1) is 13.4. The third-order valence-corrected chi connectivity index (χ3v) is 3.58. The number of aliphatic hydroxyl groups excluding tert-OH is 1. The summed E-state index contributed by atoms with van der Waals surface area (Å²) in [5.41, 5.74) is 7.96. The van der Waals surface area contributed by atoms with Gasteiger partial charge in [-0.15, -0.1) is 0 Å². The van der Waals surface area contributed by atoms with E-state index in [4.69, 9.17) is 10.5 Å². The predicted molar refractivity (Wildman–Crippen MR) is 72.6 cm³/mol. The Morgan fingerprint density at radius 2 is 2.17 bits per heavy atom. The largest absolute Gasteiger partial charge is 0.493 e. The van der Waals surface area contributed by atoms with Gasteiger partial charge < -0.3 is 15.6 Å². The van der Waals surface area contributed by atoms with Crippen molar-refractivity contribution >= 4 is 0 Å². The molecule has 2 atom stereocenters. The quantitative estimate of drug-likeness (QED) is 0.841. The molecule has 2 rings (SSSR count). The van der Waals surface area contributed by atoms with Crippen LogP contribution in [0.3, 0.4) is 0 Å². The molecular formula is C15H23NO2. The fourth-order valence-electron chi connectivity index (χ4n) is 2.62. The summed E-state index contributed by atoms with van der Waals surface area (Å²) in [6.45, 7) is 5.59. The summed E-state index contributed by atoms with van der Waals surface area (Å²) in [6.07, 6.45) is 1.42. The predicted octanol–water partition coefficient (Wildman–Crippen LogP) is 2.28. The summed E-state index contributed by atoms with van der Waals surface area (Å²) >= 11 is 0. The highest BCUT2D eigenvalue weighted by Gasteiger charge is 2.22. The van der Waals surface area contributed by atoms with Gasteiger partial charge in [-0.1, -0.05) is 19.9 Å². The number of fused-ring (bicyclic) bond motifs is 1. The molecule has 3 N–H and O–H groups in total. The summed E-state index contributed by atoms with van der Waals surface area (Å²) in [4.78, 5) is 0. The van der Waals surface area contributed by atoms with Gasteiger partial charge >= 0.3 is 0 Å². The molecule has 0 spiro atoms. The summed E-state index contributed by atoms with van der Waals surface area (Å²) < 4.78 is 5.48.